The summed E-state index contributed by atoms with van der Waals surface area (Å²) in [5.74, 6) is 0.474. The molecule has 0 bridgehead atoms. The van der Waals surface area contributed by atoms with Crippen molar-refractivity contribution in [1.29, 1.82) is 0 Å². The molecule has 3 rings (SSSR count). The van der Waals surface area contributed by atoms with Gasteiger partial charge in [-0.05, 0) is 36.8 Å². The fraction of sp³-hybridized carbons (Fsp3) is 0.235. The third-order valence-corrected chi connectivity index (χ3v) is 5.32. The van der Waals surface area contributed by atoms with Crippen molar-refractivity contribution in [2.75, 3.05) is 18.6 Å². The molecule has 0 saturated carbocycles. The second kappa shape index (κ2) is 6.26. The summed E-state index contributed by atoms with van der Waals surface area (Å²) < 4.78 is 32.6. The molecule has 0 aromatic heterocycles. The maximum atomic E-state index is 12.3. The fourth-order valence-electron chi connectivity index (χ4n) is 2.41. The van der Waals surface area contributed by atoms with Crippen molar-refractivity contribution in [3.63, 3.8) is 0 Å². The maximum absolute atomic E-state index is 12.3. The second-order valence-corrected chi connectivity index (χ2v) is 7.45. The SMILES string of the molecule is Cc1ccc(S(=O)(=O)NCc2ccc3c(c2)N(C)C(=O)CO3)cc1. The smallest absolute Gasteiger partial charge is 0.264 e. The number of nitrogens with zero attached hydrogens (tertiary/aromatic N) is 1. The van der Waals surface area contributed by atoms with E-state index in [9.17, 15) is 13.2 Å². The number of hydrogen-bond acceptors (Lipinski definition) is 4. The minimum Gasteiger partial charge on any atom is -0.482 e. The largest absolute Gasteiger partial charge is 0.482 e. The third kappa shape index (κ3) is 3.27. The van der Waals surface area contributed by atoms with E-state index in [1.54, 1.807) is 49.5 Å². The van der Waals surface area contributed by atoms with Gasteiger partial charge >= 0.3 is 0 Å². The number of benzene rings is 2. The van der Waals surface area contributed by atoms with Gasteiger partial charge in [0, 0.05) is 13.6 Å². The van der Waals surface area contributed by atoms with Crippen LogP contribution in [0, 0.1) is 6.92 Å². The number of carbonyl (C=O) groups excluding carboxylic acids is 1. The zero-order valence-corrected chi connectivity index (χ0v) is 14.3. The van der Waals surface area contributed by atoms with E-state index in [1.807, 2.05) is 6.92 Å². The number of ether oxygens (including phenoxy) is 1. The number of aryl methyl sites for hydroxylation is 1. The van der Waals surface area contributed by atoms with E-state index in [1.165, 1.54) is 4.90 Å². The van der Waals surface area contributed by atoms with Crippen LogP contribution in [0.2, 0.25) is 0 Å². The van der Waals surface area contributed by atoms with Crippen molar-refractivity contribution in [2.45, 2.75) is 18.4 Å². The van der Waals surface area contributed by atoms with Crippen LogP contribution >= 0.6 is 0 Å². The minimum absolute atomic E-state index is 0.0168. The van der Waals surface area contributed by atoms with E-state index in [4.69, 9.17) is 4.74 Å². The lowest BCUT2D eigenvalue weighted by Gasteiger charge is -2.26. The first-order chi connectivity index (χ1) is 11.4. The maximum Gasteiger partial charge on any atom is 0.264 e. The number of nitrogens with one attached hydrogen (secondary N) is 1. The average molecular weight is 346 g/mol. The molecular formula is C17H18N2O4S. The van der Waals surface area contributed by atoms with Gasteiger partial charge in [0.05, 0.1) is 10.6 Å². The Labute approximate surface area is 141 Å². The number of likely N-dealkylation sites (N-methyl/N-ethyl adjacent to an activating group) is 1. The molecule has 2 aromatic rings. The summed E-state index contributed by atoms with van der Waals surface area (Å²) in [4.78, 5) is 13.4. The Kier molecular flexibility index (Phi) is 4.29. The Bertz CT molecular complexity index is 876. The number of amides is 1. The highest BCUT2D eigenvalue weighted by atomic mass is 32.2. The quantitative estimate of drug-likeness (QED) is 0.916. The Hall–Kier alpha value is -2.38. The monoisotopic (exact) mass is 346 g/mol. The Morgan fingerprint density at radius 2 is 1.88 bits per heavy atom. The zero-order chi connectivity index (χ0) is 17.3. The average Bonchev–Trinajstić information content (AvgIpc) is 2.57. The van der Waals surface area contributed by atoms with E-state index < -0.39 is 10.0 Å². The first-order valence-corrected chi connectivity index (χ1v) is 8.94. The molecule has 0 spiro atoms. The lowest BCUT2D eigenvalue weighted by Crippen LogP contribution is -2.35. The van der Waals surface area contributed by atoms with E-state index >= 15 is 0 Å². The van der Waals surface area contributed by atoms with Gasteiger partial charge in [-0.3, -0.25) is 4.79 Å². The zero-order valence-electron chi connectivity index (χ0n) is 13.4. The summed E-state index contributed by atoms with van der Waals surface area (Å²) in [6.45, 7) is 2.05. The molecule has 0 atom stereocenters. The Morgan fingerprint density at radius 1 is 1.17 bits per heavy atom. The van der Waals surface area contributed by atoms with Crippen molar-refractivity contribution in [3.8, 4) is 5.75 Å². The van der Waals surface area contributed by atoms with Crippen LogP contribution < -0.4 is 14.4 Å². The van der Waals surface area contributed by atoms with Crippen LogP contribution in [0.5, 0.6) is 5.75 Å². The molecule has 0 aliphatic carbocycles. The highest BCUT2D eigenvalue weighted by molar-refractivity contribution is 7.89. The number of carbonyl (C=O) groups is 1. The van der Waals surface area contributed by atoms with Crippen molar-refractivity contribution < 1.29 is 17.9 Å². The molecule has 24 heavy (non-hydrogen) atoms. The molecule has 126 valence electrons. The van der Waals surface area contributed by atoms with Crippen LogP contribution in [0.1, 0.15) is 11.1 Å². The molecule has 1 amide bonds. The number of sulfonamides is 1. The van der Waals surface area contributed by atoms with Crippen LogP contribution in [-0.2, 0) is 21.4 Å². The molecule has 1 heterocycles. The molecule has 2 aromatic carbocycles. The van der Waals surface area contributed by atoms with Gasteiger partial charge in [-0.1, -0.05) is 23.8 Å². The van der Waals surface area contributed by atoms with Crippen LogP contribution in [0.15, 0.2) is 47.4 Å². The summed E-state index contributed by atoms with van der Waals surface area (Å²) in [7, 11) is -1.91. The molecule has 1 aliphatic rings. The van der Waals surface area contributed by atoms with Gasteiger partial charge in [-0.2, -0.15) is 0 Å². The summed E-state index contributed by atoms with van der Waals surface area (Å²) in [5, 5.41) is 0. The standard InChI is InChI=1S/C17H18N2O4S/c1-12-3-6-14(7-4-12)24(21,22)18-10-13-5-8-16-15(9-13)19(2)17(20)11-23-16/h3-9,18H,10-11H2,1-2H3. The number of hydrogen-bond donors (Lipinski definition) is 1. The first kappa shape index (κ1) is 16.5. The van der Waals surface area contributed by atoms with E-state index in [0.29, 0.717) is 11.4 Å². The summed E-state index contributed by atoms with van der Waals surface area (Å²) in [6.07, 6.45) is 0. The van der Waals surface area contributed by atoms with Gasteiger partial charge < -0.3 is 9.64 Å². The van der Waals surface area contributed by atoms with Gasteiger partial charge in [0.1, 0.15) is 5.75 Å². The lowest BCUT2D eigenvalue weighted by atomic mass is 10.1. The summed E-state index contributed by atoms with van der Waals surface area (Å²) in [6, 6.07) is 11.9. The molecule has 7 heteroatoms. The lowest BCUT2D eigenvalue weighted by molar-refractivity contribution is -0.120. The Morgan fingerprint density at radius 3 is 2.58 bits per heavy atom. The minimum atomic E-state index is -3.58. The third-order valence-electron chi connectivity index (χ3n) is 3.91. The van der Waals surface area contributed by atoms with E-state index in [-0.39, 0.29) is 24.0 Å². The normalized spacial score (nSPS) is 14.2. The number of rotatable bonds is 4. The van der Waals surface area contributed by atoms with Crippen LogP contribution in [0.3, 0.4) is 0 Å². The predicted molar refractivity (Wildman–Crippen MR) is 90.6 cm³/mol. The van der Waals surface area contributed by atoms with Gasteiger partial charge in [-0.25, -0.2) is 13.1 Å². The topological polar surface area (TPSA) is 75.7 Å². The Balaban J connectivity index is 1.77. The van der Waals surface area contributed by atoms with Crippen molar-refractivity contribution in [1.82, 2.24) is 4.72 Å². The van der Waals surface area contributed by atoms with E-state index in [2.05, 4.69) is 4.72 Å². The molecule has 0 radical (unpaired) electrons. The summed E-state index contributed by atoms with van der Waals surface area (Å²) >= 11 is 0. The predicted octanol–water partition coefficient (Wildman–Crippen LogP) is 1.83. The van der Waals surface area contributed by atoms with Gasteiger partial charge in [-0.15, -0.1) is 0 Å². The molecule has 0 unspecified atom stereocenters. The molecule has 0 saturated heterocycles. The molecule has 6 nitrogen and oxygen atoms in total. The molecule has 1 N–H and O–H groups in total. The summed E-state index contributed by atoms with van der Waals surface area (Å²) in [5.41, 5.74) is 2.38. The first-order valence-electron chi connectivity index (χ1n) is 7.45. The van der Waals surface area contributed by atoms with Crippen molar-refractivity contribution >= 4 is 21.6 Å². The highest BCUT2D eigenvalue weighted by Crippen LogP contribution is 2.32. The van der Waals surface area contributed by atoms with Gasteiger partial charge in [0.15, 0.2) is 6.61 Å². The van der Waals surface area contributed by atoms with Crippen molar-refractivity contribution in [3.05, 3.63) is 53.6 Å². The molecular weight excluding hydrogens is 328 g/mol. The van der Waals surface area contributed by atoms with Gasteiger partial charge in [0.2, 0.25) is 10.0 Å². The van der Waals surface area contributed by atoms with Crippen LogP contribution in [0.4, 0.5) is 5.69 Å². The number of fused-ring (bicyclic) bond motifs is 1. The molecule has 0 fully saturated rings. The highest BCUT2D eigenvalue weighted by Gasteiger charge is 2.22. The van der Waals surface area contributed by atoms with Crippen LogP contribution in [-0.4, -0.2) is 28.0 Å². The molecule has 1 aliphatic heterocycles. The van der Waals surface area contributed by atoms with E-state index in [0.717, 1.165) is 11.1 Å². The second-order valence-electron chi connectivity index (χ2n) is 5.68. The van der Waals surface area contributed by atoms with Crippen LogP contribution in [0.25, 0.3) is 0 Å². The fourth-order valence-corrected chi connectivity index (χ4v) is 3.42. The van der Waals surface area contributed by atoms with Crippen molar-refractivity contribution in [2.24, 2.45) is 0 Å². The van der Waals surface area contributed by atoms with Gasteiger partial charge in [0.25, 0.3) is 5.91 Å². The number of anilines is 1.